The molecule has 2 saturated carbocycles. The Labute approximate surface area is 105 Å². The highest BCUT2D eigenvalue weighted by molar-refractivity contribution is 5.42. The molecule has 2 aliphatic rings. The lowest BCUT2D eigenvalue weighted by Crippen LogP contribution is -2.19. The number of aryl methyl sites for hydroxylation is 3. The van der Waals surface area contributed by atoms with Gasteiger partial charge in [-0.1, -0.05) is 17.7 Å². The van der Waals surface area contributed by atoms with E-state index >= 15 is 0 Å². The lowest BCUT2D eigenvalue weighted by atomic mass is 9.95. The Morgan fingerprint density at radius 2 is 1.76 bits per heavy atom. The van der Waals surface area contributed by atoms with Crippen LogP contribution in [0.5, 0.6) is 0 Å². The molecule has 17 heavy (non-hydrogen) atoms. The molecule has 0 radical (unpaired) electrons. The Hall–Kier alpha value is -0.820. The van der Waals surface area contributed by atoms with Gasteiger partial charge in [-0.2, -0.15) is 0 Å². The molecular weight excluding hydrogens is 206 g/mol. The molecule has 1 aromatic carbocycles. The third kappa shape index (κ3) is 2.40. The molecule has 0 aromatic heterocycles. The van der Waals surface area contributed by atoms with Crippen molar-refractivity contribution < 1.29 is 0 Å². The van der Waals surface area contributed by atoms with Crippen LogP contribution in [0.4, 0.5) is 0 Å². The normalized spacial score (nSPS) is 27.2. The number of benzene rings is 1. The average Bonchev–Trinajstić information content (AvgIpc) is 3.09. The Morgan fingerprint density at radius 1 is 1.12 bits per heavy atom. The third-order valence-corrected chi connectivity index (χ3v) is 4.28. The fourth-order valence-corrected chi connectivity index (χ4v) is 3.21. The molecular formula is C16H23N. The van der Waals surface area contributed by atoms with E-state index in [4.69, 9.17) is 0 Å². The molecule has 0 amide bonds. The second kappa shape index (κ2) is 4.13. The molecule has 1 N–H and O–H groups in total. The van der Waals surface area contributed by atoms with Crippen molar-refractivity contribution >= 4 is 0 Å². The van der Waals surface area contributed by atoms with Gasteiger partial charge in [0.2, 0.25) is 0 Å². The number of hydrogen-bond acceptors (Lipinski definition) is 1. The maximum atomic E-state index is 3.67. The highest BCUT2D eigenvalue weighted by Crippen LogP contribution is 2.49. The monoisotopic (exact) mass is 229 g/mol. The predicted molar refractivity (Wildman–Crippen MR) is 72.5 cm³/mol. The van der Waals surface area contributed by atoms with Gasteiger partial charge in [0, 0.05) is 6.04 Å². The fraction of sp³-hybridized carbons (Fsp3) is 0.625. The molecule has 1 aromatic rings. The van der Waals surface area contributed by atoms with Crippen LogP contribution in [-0.4, -0.2) is 12.6 Å². The zero-order chi connectivity index (χ0) is 12.0. The van der Waals surface area contributed by atoms with Crippen LogP contribution in [0.3, 0.4) is 0 Å². The summed E-state index contributed by atoms with van der Waals surface area (Å²) < 4.78 is 0. The largest absolute Gasteiger partial charge is 0.314 e. The van der Waals surface area contributed by atoms with Gasteiger partial charge in [0.05, 0.1) is 0 Å². The van der Waals surface area contributed by atoms with E-state index in [9.17, 15) is 0 Å². The topological polar surface area (TPSA) is 12.0 Å². The van der Waals surface area contributed by atoms with Crippen molar-refractivity contribution in [2.24, 2.45) is 5.92 Å². The maximum Gasteiger partial charge on any atom is 0.00683 e. The summed E-state index contributed by atoms with van der Waals surface area (Å²) in [5.41, 5.74) is 6.04. The smallest absolute Gasteiger partial charge is 0.00683 e. The molecule has 2 aliphatic carbocycles. The lowest BCUT2D eigenvalue weighted by molar-refractivity contribution is 0.623. The highest BCUT2D eigenvalue weighted by atomic mass is 15.0. The van der Waals surface area contributed by atoms with Crippen LogP contribution < -0.4 is 5.32 Å². The van der Waals surface area contributed by atoms with E-state index in [-0.39, 0.29) is 0 Å². The predicted octanol–water partition coefficient (Wildman–Crippen LogP) is 3.47. The van der Waals surface area contributed by atoms with Gasteiger partial charge in [-0.25, -0.2) is 0 Å². The summed E-state index contributed by atoms with van der Waals surface area (Å²) in [5.74, 6) is 1.73. The van der Waals surface area contributed by atoms with Gasteiger partial charge in [-0.15, -0.1) is 0 Å². The molecule has 2 unspecified atom stereocenters. The molecule has 1 heteroatoms. The van der Waals surface area contributed by atoms with Gasteiger partial charge in [-0.3, -0.25) is 0 Å². The third-order valence-electron chi connectivity index (χ3n) is 4.28. The summed E-state index contributed by atoms with van der Waals surface area (Å²) in [7, 11) is 0. The van der Waals surface area contributed by atoms with Gasteiger partial charge in [-0.05, 0) is 75.1 Å². The minimum absolute atomic E-state index is 0.835. The highest BCUT2D eigenvalue weighted by Gasteiger charge is 2.40. The first-order chi connectivity index (χ1) is 8.15. The van der Waals surface area contributed by atoms with Gasteiger partial charge in [0.25, 0.3) is 0 Å². The van der Waals surface area contributed by atoms with Crippen molar-refractivity contribution in [2.45, 2.75) is 52.0 Å². The summed E-state index contributed by atoms with van der Waals surface area (Å²) in [5, 5.41) is 3.67. The fourth-order valence-electron chi connectivity index (χ4n) is 3.21. The summed E-state index contributed by atoms with van der Waals surface area (Å²) in [6.45, 7) is 7.99. The molecule has 1 nitrogen and oxygen atoms in total. The first kappa shape index (κ1) is 11.3. The molecule has 92 valence electrons. The summed E-state index contributed by atoms with van der Waals surface area (Å²) in [6.07, 6.45) is 4.20. The molecule has 2 fully saturated rings. The molecule has 0 spiro atoms. The van der Waals surface area contributed by atoms with E-state index < -0.39 is 0 Å². The van der Waals surface area contributed by atoms with E-state index in [1.807, 2.05) is 0 Å². The van der Waals surface area contributed by atoms with Crippen molar-refractivity contribution in [3.8, 4) is 0 Å². The lowest BCUT2D eigenvalue weighted by Gasteiger charge is -2.11. The molecule has 0 aliphatic heterocycles. The van der Waals surface area contributed by atoms with Crippen molar-refractivity contribution in [2.75, 3.05) is 6.54 Å². The van der Waals surface area contributed by atoms with Crippen molar-refractivity contribution in [1.29, 1.82) is 0 Å². The molecule has 0 heterocycles. The SMILES string of the molecule is Cc1cc(C)c(C2CC2CNC2CC2)c(C)c1. The van der Waals surface area contributed by atoms with Crippen molar-refractivity contribution in [1.82, 2.24) is 5.32 Å². The maximum absolute atomic E-state index is 3.67. The van der Waals surface area contributed by atoms with E-state index in [1.165, 1.54) is 42.5 Å². The standard InChI is InChI=1S/C16H23N/c1-10-6-11(2)16(12(3)7-10)15-8-13(15)9-17-14-4-5-14/h6-7,13-15,17H,4-5,8-9H2,1-3H3. The summed E-state index contributed by atoms with van der Waals surface area (Å²) in [4.78, 5) is 0. The quantitative estimate of drug-likeness (QED) is 0.833. The van der Waals surface area contributed by atoms with Crippen LogP contribution in [0.1, 0.15) is 47.4 Å². The second-order valence-corrected chi connectivity index (χ2v) is 6.10. The average molecular weight is 229 g/mol. The zero-order valence-corrected chi connectivity index (χ0v) is 11.2. The van der Waals surface area contributed by atoms with Crippen LogP contribution in [-0.2, 0) is 0 Å². The van der Waals surface area contributed by atoms with E-state index in [0.29, 0.717) is 0 Å². The van der Waals surface area contributed by atoms with Crippen LogP contribution in [0.25, 0.3) is 0 Å². The zero-order valence-electron chi connectivity index (χ0n) is 11.2. The van der Waals surface area contributed by atoms with Crippen LogP contribution in [0.15, 0.2) is 12.1 Å². The Bertz CT molecular complexity index is 408. The van der Waals surface area contributed by atoms with Crippen molar-refractivity contribution in [3.05, 3.63) is 34.4 Å². The van der Waals surface area contributed by atoms with Crippen LogP contribution in [0, 0.1) is 26.7 Å². The molecule has 3 rings (SSSR count). The first-order valence-electron chi connectivity index (χ1n) is 6.96. The minimum atomic E-state index is 0.835. The summed E-state index contributed by atoms with van der Waals surface area (Å²) >= 11 is 0. The van der Waals surface area contributed by atoms with Gasteiger partial charge < -0.3 is 5.32 Å². The number of nitrogens with one attached hydrogen (secondary N) is 1. The molecule has 0 bridgehead atoms. The Balaban J connectivity index is 1.68. The molecule has 2 atom stereocenters. The summed E-state index contributed by atoms with van der Waals surface area (Å²) in [6, 6.07) is 5.54. The van der Waals surface area contributed by atoms with E-state index in [2.05, 4.69) is 38.2 Å². The Morgan fingerprint density at radius 3 is 2.35 bits per heavy atom. The second-order valence-electron chi connectivity index (χ2n) is 6.10. The van der Waals surface area contributed by atoms with Gasteiger partial charge in [0.15, 0.2) is 0 Å². The van der Waals surface area contributed by atoms with Crippen molar-refractivity contribution in [3.63, 3.8) is 0 Å². The van der Waals surface area contributed by atoms with Gasteiger partial charge in [0.1, 0.15) is 0 Å². The van der Waals surface area contributed by atoms with E-state index in [1.54, 1.807) is 5.56 Å². The van der Waals surface area contributed by atoms with E-state index in [0.717, 1.165) is 17.9 Å². The molecule has 0 saturated heterocycles. The Kier molecular flexibility index (Phi) is 2.74. The minimum Gasteiger partial charge on any atom is -0.314 e. The first-order valence-corrected chi connectivity index (χ1v) is 6.96. The van der Waals surface area contributed by atoms with Crippen LogP contribution >= 0.6 is 0 Å². The number of hydrogen-bond donors (Lipinski definition) is 1. The number of rotatable bonds is 4. The van der Waals surface area contributed by atoms with Crippen LogP contribution in [0.2, 0.25) is 0 Å². The van der Waals surface area contributed by atoms with Gasteiger partial charge >= 0.3 is 0 Å².